The highest BCUT2D eigenvalue weighted by atomic mass is 32.2. The van der Waals surface area contributed by atoms with Crippen molar-refractivity contribution in [3.8, 4) is 5.75 Å². The lowest BCUT2D eigenvalue weighted by Gasteiger charge is -2.43. The lowest BCUT2D eigenvalue weighted by atomic mass is 9.68. The minimum Gasteiger partial charge on any atom is -0.496 e. The van der Waals surface area contributed by atoms with E-state index in [4.69, 9.17) is 9.84 Å². The molecule has 2 aromatic rings. The van der Waals surface area contributed by atoms with Crippen molar-refractivity contribution < 1.29 is 24.2 Å². The zero-order chi connectivity index (χ0) is 23.7. The molecule has 2 N–H and O–H groups in total. The van der Waals surface area contributed by atoms with Gasteiger partial charge < -0.3 is 14.8 Å². The van der Waals surface area contributed by atoms with Crippen LogP contribution in [0.1, 0.15) is 35.6 Å². The molecule has 0 spiro atoms. The van der Waals surface area contributed by atoms with Crippen molar-refractivity contribution in [3.63, 3.8) is 0 Å². The average Bonchev–Trinajstić information content (AvgIpc) is 3.54. The van der Waals surface area contributed by atoms with Gasteiger partial charge in [-0.15, -0.1) is 11.8 Å². The van der Waals surface area contributed by atoms with E-state index in [1.165, 1.54) is 16.2 Å². The number of thiazole rings is 1. The number of ether oxygens (including phenoxy) is 1. The maximum absolute atomic E-state index is 13.4. The Morgan fingerprint density at radius 2 is 1.91 bits per heavy atom. The number of benzene rings is 1. The number of thioether (sulfide) groups is 1. The SMILES string of the molecule is COc1ccccc1[C@@H]1c2sc(=O)[nH]c2S[C@@H]2[C@H]3C[C@@H]([C@@H]4C(=O)N(CCCC(=O)O)C(=O)[C@H]34)[C@@H]12. The number of para-hydroxylation sites is 1. The van der Waals surface area contributed by atoms with Gasteiger partial charge in [-0.25, -0.2) is 0 Å². The van der Waals surface area contributed by atoms with Crippen molar-refractivity contribution in [1.82, 2.24) is 9.88 Å². The van der Waals surface area contributed by atoms with E-state index in [-0.39, 0.29) is 76.8 Å². The summed E-state index contributed by atoms with van der Waals surface area (Å²) < 4.78 is 5.69. The summed E-state index contributed by atoms with van der Waals surface area (Å²) in [6, 6.07) is 7.84. The van der Waals surface area contributed by atoms with Gasteiger partial charge in [0.05, 0.1) is 24.0 Å². The molecule has 7 atom stereocenters. The van der Waals surface area contributed by atoms with E-state index in [0.717, 1.165) is 27.6 Å². The van der Waals surface area contributed by atoms with Gasteiger partial charge in [0.25, 0.3) is 0 Å². The minimum absolute atomic E-state index is 0.0358. The lowest BCUT2D eigenvalue weighted by molar-refractivity contribution is -0.142. The molecular formula is C24H24N2O6S2. The smallest absolute Gasteiger partial charge is 0.305 e. The van der Waals surface area contributed by atoms with E-state index >= 15 is 0 Å². The molecule has 4 aliphatic rings. The van der Waals surface area contributed by atoms with Gasteiger partial charge in [-0.05, 0) is 36.7 Å². The van der Waals surface area contributed by atoms with Gasteiger partial charge in [0.1, 0.15) is 5.75 Å². The number of carbonyl (C=O) groups excluding carboxylic acids is 2. The van der Waals surface area contributed by atoms with Gasteiger partial charge in [0.2, 0.25) is 11.8 Å². The second-order valence-electron chi connectivity index (χ2n) is 9.53. The Hall–Kier alpha value is -2.59. The fourth-order valence-corrected chi connectivity index (χ4v) is 9.84. The van der Waals surface area contributed by atoms with Gasteiger partial charge in [0.15, 0.2) is 0 Å². The van der Waals surface area contributed by atoms with E-state index in [2.05, 4.69) is 4.98 Å². The fraction of sp³-hybridized carbons (Fsp3) is 0.500. The van der Waals surface area contributed by atoms with Gasteiger partial charge in [-0.2, -0.15) is 0 Å². The molecule has 3 fully saturated rings. The standard InChI is InChI=1S/C24H24N2O6S2/c1-32-13-6-3-2-5-10(13)15-16-11-9-12(19(16)33-21-20(15)34-24(31)25-21)18-17(11)22(29)26(23(18)30)8-4-7-14(27)28/h2-3,5-6,11-12,15-19H,4,7-9H2,1H3,(H,25,31)(H,27,28)/t11-,12+,15+,16+,17+,18-,19-/m1/s1. The number of H-pyrrole nitrogens is 1. The first-order valence-electron chi connectivity index (χ1n) is 11.5. The molecule has 2 aliphatic carbocycles. The number of carbonyl (C=O) groups is 3. The van der Waals surface area contributed by atoms with Crippen LogP contribution in [0.3, 0.4) is 0 Å². The number of hydrogen-bond donors (Lipinski definition) is 2. The Morgan fingerprint density at radius 1 is 1.18 bits per heavy atom. The summed E-state index contributed by atoms with van der Waals surface area (Å²) in [6.07, 6.45) is 1.03. The minimum atomic E-state index is -0.929. The summed E-state index contributed by atoms with van der Waals surface area (Å²) in [5.74, 6) is -1.06. The van der Waals surface area contributed by atoms with Crippen LogP contribution in [0.25, 0.3) is 0 Å². The van der Waals surface area contributed by atoms with Crippen LogP contribution in [-0.4, -0.2) is 51.7 Å². The van der Waals surface area contributed by atoms with E-state index in [1.807, 2.05) is 24.3 Å². The van der Waals surface area contributed by atoms with Crippen molar-refractivity contribution in [1.29, 1.82) is 0 Å². The van der Waals surface area contributed by atoms with Crippen LogP contribution in [0, 0.1) is 29.6 Å². The monoisotopic (exact) mass is 500 g/mol. The van der Waals surface area contributed by atoms with Crippen LogP contribution < -0.4 is 9.61 Å². The normalized spacial score (nSPS) is 33.1. The topological polar surface area (TPSA) is 117 Å². The number of likely N-dealkylation sites (tertiary alicyclic amines) is 1. The van der Waals surface area contributed by atoms with Crippen molar-refractivity contribution in [2.24, 2.45) is 29.6 Å². The third-order valence-corrected chi connectivity index (χ3v) is 10.6. The molecule has 1 aromatic carbocycles. The molecule has 2 saturated carbocycles. The van der Waals surface area contributed by atoms with E-state index in [1.54, 1.807) is 18.9 Å². The number of nitrogens with one attached hydrogen (secondary N) is 1. The number of carboxylic acid groups (broad SMARTS) is 1. The molecule has 2 aliphatic heterocycles. The first-order valence-corrected chi connectivity index (χ1v) is 13.2. The highest BCUT2D eigenvalue weighted by molar-refractivity contribution is 8.00. The molecule has 2 bridgehead atoms. The van der Waals surface area contributed by atoms with Gasteiger partial charge >= 0.3 is 10.8 Å². The van der Waals surface area contributed by atoms with Crippen LogP contribution in [-0.2, 0) is 14.4 Å². The second kappa shape index (κ2) is 7.98. The molecule has 8 nitrogen and oxygen atoms in total. The molecule has 1 saturated heterocycles. The van der Waals surface area contributed by atoms with E-state index < -0.39 is 5.97 Å². The number of amides is 2. The predicted molar refractivity (Wildman–Crippen MR) is 125 cm³/mol. The van der Waals surface area contributed by atoms with E-state index in [9.17, 15) is 19.2 Å². The van der Waals surface area contributed by atoms with Crippen LogP contribution in [0.5, 0.6) is 5.75 Å². The molecular weight excluding hydrogens is 476 g/mol. The zero-order valence-electron chi connectivity index (χ0n) is 18.4. The number of imide groups is 1. The number of aliphatic carboxylic acids is 1. The Kier molecular flexibility index (Phi) is 5.14. The Morgan fingerprint density at radius 3 is 2.65 bits per heavy atom. The first-order chi connectivity index (χ1) is 16.4. The molecule has 34 heavy (non-hydrogen) atoms. The largest absolute Gasteiger partial charge is 0.496 e. The van der Waals surface area contributed by atoms with Crippen LogP contribution >= 0.6 is 23.1 Å². The highest BCUT2D eigenvalue weighted by Crippen LogP contribution is 2.68. The number of methoxy groups -OCH3 is 1. The third kappa shape index (κ3) is 3.04. The number of rotatable bonds is 6. The third-order valence-electron chi connectivity index (χ3n) is 8.06. The fourth-order valence-electron chi connectivity index (χ4n) is 6.96. The zero-order valence-corrected chi connectivity index (χ0v) is 20.1. The number of fused-ring (bicyclic) bond motifs is 9. The predicted octanol–water partition coefficient (Wildman–Crippen LogP) is 2.78. The molecule has 178 valence electrons. The maximum atomic E-state index is 13.4. The number of aromatic nitrogens is 1. The van der Waals surface area contributed by atoms with Crippen molar-refractivity contribution in [3.05, 3.63) is 44.4 Å². The second-order valence-corrected chi connectivity index (χ2v) is 11.7. The summed E-state index contributed by atoms with van der Waals surface area (Å²) in [6.45, 7) is 0.162. The lowest BCUT2D eigenvalue weighted by Crippen LogP contribution is -2.42. The van der Waals surface area contributed by atoms with E-state index in [0.29, 0.717) is 0 Å². The van der Waals surface area contributed by atoms with Gasteiger partial charge in [0, 0.05) is 34.6 Å². The molecule has 3 heterocycles. The summed E-state index contributed by atoms with van der Waals surface area (Å²) >= 11 is 2.88. The molecule has 1 aromatic heterocycles. The molecule has 0 unspecified atom stereocenters. The number of hydrogen-bond acceptors (Lipinski definition) is 7. The number of carboxylic acids is 1. The summed E-state index contributed by atoms with van der Waals surface area (Å²) in [4.78, 5) is 55.2. The Labute approximate surface area is 203 Å². The quantitative estimate of drug-likeness (QED) is 0.586. The molecule has 10 heteroatoms. The van der Waals surface area contributed by atoms with Crippen LogP contribution in [0.4, 0.5) is 0 Å². The molecule has 6 rings (SSSR count). The van der Waals surface area contributed by atoms with Gasteiger partial charge in [-0.3, -0.25) is 24.1 Å². The average molecular weight is 501 g/mol. The van der Waals surface area contributed by atoms with Gasteiger partial charge in [-0.1, -0.05) is 29.5 Å². The number of aromatic amines is 1. The molecule has 0 radical (unpaired) electrons. The maximum Gasteiger partial charge on any atom is 0.305 e. The van der Waals surface area contributed by atoms with Crippen LogP contribution in [0.15, 0.2) is 34.1 Å². The Bertz CT molecular complexity index is 1250. The number of nitrogens with zero attached hydrogens (tertiary/aromatic N) is 1. The van der Waals surface area contributed by atoms with Crippen molar-refractivity contribution in [2.45, 2.75) is 35.5 Å². The van der Waals surface area contributed by atoms with Crippen LogP contribution in [0.2, 0.25) is 0 Å². The molecule has 2 amide bonds. The highest BCUT2D eigenvalue weighted by Gasteiger charge is 2.69. The van der Waals surface area contributed by atoms with Crippen molar-refractivity contribution >= 4 is 40.9 Å². The Balaban J connectivity index is 1.39. The summed E-state index contributed by atoms with van der Waals surface area (Å²) in [5.41, 5.74) is 1.01. The summed E-state index contributed by atoms with van der Waals surface area (Å²) in [7, 11) is 1.64. The first kappa shape index (κ1) is 21.9. The summed E-state index contributed by atoms with van der Waals surface area (Å²) in [5, 5.41) is 9.94. The van der Waals surface area contributed by atoms with Crippen molar-refractivity contribution in [2.75, 3.05) is 13.7 Å².